The molecule has 1 heterocycles. The number of carboxylic acid groups (broad SMARTS) is 1. The zero-order chi connectivity index (χ0) is 12.3. The minimum absolute atomic E-state index is 0.272. The van der Waals surface area contributed by atoms with Crippen LogP contribution in [0.15, 0.2) is 30.5 Å². The minimum atomic E-state index is -0.933. The van der Waals surface area contributed by atoms with Crippen LogP contribution in [0.3, 0.4) is 0 Å². The van der Waals surface area contributed by atoms with Crippen LogP contribution in [0.4, 0.5) is 5.69 Å². The van der Waals surface area contributed by atoms with Crippen molar-refractivity contribution in [3.63, 3.8) is 0 Å². The van der Waals surface area contributed by atoms with Gasteiger partial charge in [-0.15, -0.1) is 0 Å². The van der Waals surface area contributed by atoms with Crippen LogP contribution in [0.5, 0.6) is 0 Å². The lowest BCUT2D eigenvalue weighted by Gasteiger charge is -2.08. The van der Waals surface area contributed by atoms with E-state index in [1.54, 1.807) is 30.5 Å². The molecule has 0 aliphatic heterocycles. The number of aromatic amines is 1. The van der Waals surface area contributed by atoms with Crippen LogP contribution >= 0.6 is 0 Å². The Balaban J connectivity index is 2.14. The molecule has 1 aromatic carbocycles. The van der Waals surface area contributed by atoms with Crippen LogP contribution in [-0.4, -0.2) is 21.3 Å². The molecular formula is C12H13N3O2. The monoisotopic (exact) mass is 231 g/mol. The van der Waals surface area contributed by atoms with Gasteiger partial charge < -0.3 is 10.4 Å². The van der Waals surface area contributed by atoms with Crippen molar-refractivity contribution in [1.29, 1.82) is 0 Å². The van der Waals surface area contributed by atoms with Gasteiger partial charge in [0.2, 0.25) is 0 Å². The Morgan fingerprint density at radius 1 is 1.47 bits per heavy atom. The second kappa shape index (κ2) is 4.69. The first kappa shape index (κ1) is 11.2. The Kier molecular flexibility index (Phi) is 3.09. The van der Waals surface area contributed by atoms with E-state index in [9.17, 15) is 4.79 Å². The minimum Gasteiger partial charge on any atom is -0.478 e. The highest BCUT2D eigenvalue weighted by atomic mass is 16.4. The van der Waals surface area contributed by atoms with Gasteiger partial charge >= 0.3 is 5.97 Å². The summed E-state index contributed by atoms with van der Waals surface area (Å²) in [5.74, 6) is -0.933. The lowest BCUT2D eigenvalue weighted by molar-refractivity contribution is 0.0698. The van der Waals surface area contributed by atoms with Crippen molar-refractivity contribution in [2.75, 3.05) is 5.32 Å². The fourth-order valence-electron chi connectivity index (χ4n) is 1.57. The lowest BCUT2D eigenvalue weighted by Crippen LogP contribution is -2.06. The number of carbonyl (C=O) groups is 1. The van der Waals surface area contributed by atoms with Crippen LogP contribution in [-0.2, 0) is 6.54 Å². The molecule has 0 aliphatic rings. The maximum Gasteiger partial charge on any atom is 0.337 e. The Bertz CT molecular complexity index is 534. The van der Waals surface area contributed by atoms with E-state index in [0.717, 1.165) is 11.3 Å². The number of aromatic nitrogens is 2. The molecule has 0 radical (unpaired) electrons. The molecule has 2 aromatic rings. The largest absolute Gasteiger partial charge is 0.478 e. The number of nitrogens with zero attached hydrogens (tertiary/aromatic N) is 1. The summed E-state index contributed by atoms with van der Waals surface area (Å²) in [7, 11) is 0. The van der Waals surface area contributed by atoms with Crippen LogP contribution < -0.4 is 5.32 Å². The standard InChI is InChI=1S/C12H13N3O2/c1-8-9(7-14-15-8)6-13-11-5-3-2-4-10(11)12(16)17/h2-5,7,13H,6H2,1H3,(H,14,15)(H,16,17). The average molecular weight is 231 g/mol. The number of hydrogen-bond acceptors (Lipinski definition) is 3. The molecule has 88 valence electrons. The van der Waals surface area contributed by atoms with Gasteiger partial charge in [-0.2, -0.15) is 5.10 Å². The highest BCUT2D eigenvalue weighted by Gasteiger charge is 2.09. The van der Waals surface area contributed by atoms with Gasteiger partial charge in [0.1, 0.15) is 0 Å². The summed E-state index contributed by atoms with van der Waals surface area (Å²) in [6.45, 7) is 2.47. The normalized spacial score (nSPS) is 10.2. The Hall–Kier alpha value is -2.30. The first-order valence-electron chi connectivity index (χ1n) is 5.23. The van der Waals surface area contributed by atoms with Gasteiger partial charge in [-0.1, -0.05) is 12.1 Å². The molecule has 1 aromatic heterocycles. The van der Waals surface area contributed by atoms with E-state index >= 15 is 0 Å². The molecule has 0 aliphatic carbocycles. The van der Waals surface area contributed by atoms with Gasteiger partial charge in [0.05, 0.1) is 11.8 Å². The lowest BCUT2D eigenvalue weighted by atomic mass is 10.1. The second-order valence-electron chi connectivity index (χ2n) is 3.72. The summed E-state index contributed by atoms with van der Waals surface area (Å²) < 4.78 is 0. The van der Waals surface area contributed by atoms with Crippen molar-refractivity contribution >= 4 is 11.7 Å². The molecule has 0 bridgehead atoms. The predicted molar refractivity (Wildman–Crippen MR) is 64.1 cm³/mol. The number of aromatic carboxylic acids is 1. The van der Waals surface area contributed by atoms with Crippen molar-refractivity contribution in [3.05, 3.63) is 47.3 Å². The molecule has 2 rings (SSSR count). The van der Waals surface area contributed by atoms with E-state index in [-0.39, 0.29) is 5.56 Å². The average Bonchev–Trinajstić information content (AvgIpc) is 2.72. The highest BCUT2D eigenvalue weighted by molar-refractivity contribution is 5.94. The maximum atomic E-state index is 11.0. The van der Waals surface area contributed by atoms with Gasteiger partial charge in [0.25, 0.3) is 0 Å². The summed E-state index contributed by atoms with van der Waals surface area (Å²) in [6, 6.07) is 6.83. The number of para-hydroxylation sites is 1. The third-order valence-corrected chi connectivity index (χ3v) is 2.56. The molecule has 5 heteroatoms. The number of nitrogens with one attached hydrogen (secondary N) is 2. The molecule has 0 unspecified atom stereocenters. The van der Waals surface area contributed by atoms with Gasteiger partial charge in [-0.25, -0.2) is 4.79 Å². The second-order valence-corrected chi connectivity index (χ2v) is 3.72. The number of carboxylic acids is 1. The maximum absolute atomic E-state index is 11.0. The molecule has 0 spiro atoms. The molecule has 3 N–H and O–H groups in total. The third kappa shape index (κ3) is 2.44. The van der Waals surface area contributed by atoms with E-state index in [1.165, 1.54) is 0 Å². The van der Waals surface area contributed by atoms with Crippen LogP contribution in [0.1, 0.15) is 21.6 Å². The summed E-state index contributed by atoms with van der Waals surface area (Å²) in [5, 5.41) is 18.9. The SMILES string of the molecule is Cc1[nH]ncc1CNc1ccccc1C(=O)O. The van der Waals surface area contributed by atoms with Gasteiger partial charge in [0, 0.05) is 23.5 Å². The van der Waals surface area contributed by atoms with E-state index in [4.69, 9.17) is 5.11 Å². The zero-order valence-corrected chi connectivity index (χ0v) is 9.40. The first-order valence-corrected chi connectivity index (χ1v) is 5.23. The molecule has 0 saturated heterocycles. The van der Waals surface area contributed by atoms with Crippen LogP contribution in [0.25, 0.3) is 0 Å². The zero-order valence-electron chi connectivity index (χ0n) is 9.40. The van der Waals surface area contributed by atoms with Crippen LogP contribution in [0.2, 0.25) is 0 Å². The summed E-state index contributed by atoms with van der Waals surface area (Å²) in [4.78, 5) is 11.0. The van der Waals surface area contributed by atoms with E-state index < -0.39 is 5.97 Å². The van der Waals surface area contributed by atoms with Crippen molar-refractivity contribution in [1.82, 2.24) is 10.2 Å². The first-order chi connectivity index (χ1) is 8.18. The molecule has 5 nitrogen and oxygen atoms in total. The fourth-order valence-corrected chi connectivity index (χ4v) is 1.57. The fraction of sp³-hybridized carbons (Fsp3) is 0.167. The molecule has 0 fully saturated rings. The molecule has 0 amide bonds. The van der Waals surface area contributed by atoms with Crippen molar-refractivity contribution in [3.8, 4) is 0 Å². The summed E-state index contributed by atoms with van der Waals surface area (Å²) >= 11 is 0. The predicted octanol–water partition coefficient (Wildman–Crippen LogP) is 2.03. The summed E-state index contributed by atoms with van der Waals surface area (Å²) in [5.41, 5.74) is 2.88. The number of aryl methyl sites for hydroxylation is 1. The summed E-state index contributed by atoms with van der Waals surface area (Å²) in [6.07, 6.45) is 1.73. The number of rotatable bonds is 4. The smallest absolute Gasteiger partial charge is 0.337 e. The van der Waals surface area contributed by atoms with Gasteiger partial charge in [0.15, 0.2) is 0 Å². The van der Waals surface area contributed by atoms with E-state index in [0.29, 0.717) is 12.2 Å². The number of H-pyrrole nitrogens is 1. The molecular weight excluding hydrogens is 218 g/mol. The molecule has 17 heavy (non-hydrogen) atoms. The Morgan fingerprint density at radius 3 is 2.88 bits per heavy atom. The Morgan fingerprint density at radius 2 is 2.24 bits per heavy atom. The number of benzene rings is 1. The van der Waals surface area contributed by atoms with Crippen LogP contribution in [0, 0.1) is 6.92 Å². The van der Waals surface area contributed by atoms with Crippen molar-refractivity contribution < 1.29 is 9.90 Å². The topological polar surface area (TPSA) is 78.0 Å². The van der Waals surface area contributed by atoms with E-state index in [1.807, 2.05) is 6.92 Å². The van der Waals surface area contributed by atoms with E-state index in [2.05, 4.69) is 15.5 Å². The highest BCUT2D eigenvalue weighted by Crippen LogP contribution is 2.16. The molecule has 0 saturated carbocycles. The van der Waals surface area contributed by atoms with Gasteiger partial charge in [-0.3, -0.25) is 5.10 Å². The van der Waals surface area contributed by atoms with Gasteiger partial charge in [-0.05, 0) is 19.1 Å². The number of anilines is 1. The Labute approximate surface area is 98.5 Å². The van der Waals surface area contributed by atoms with Crippen molar-refractivity contribution in [2.24, 2.45) is 0 Å². The van der Waals surface area contributed by atoms with Crippen molar-refractivity contribution in [2.45, 2.75) is 13.5 Å². The molecule has 0 atom stereocenters. The quantitative estimate of drug-likeness (QED) is 0.752. The number of hydrogen-bond donors (Lipinski definition) is 3. The third-order valence-electron chi connectivity index (χ3n) is 2.56.